The van der Waals surface area contributed by atoms with Crippen LogP contribution in [0.15, 0.2) is 6.07 Å². The molecule has 1 unspecified atom stereocenters. The summed E-state index contributed by atoms with van der Waals surface area (Å²) >= 11 is 1.75. The predicted octanol–water partition coefficient (Wildman–Crippen LogP) is 3.41. The quantitative estimate of drug-likeness (QED) is 0.873. The highest BCUT2D eigenvalue weighted by Gasteiger charge is 2.18. The zero-order valence-electron chi connectivity index (χ0n) is 11.3. The molecule has 0 aliphatic rings. The Morgan fingerprint density at radius 3 is 2.47 bits per heavy atom. The standard InChI is InChI=1S/C14H22O2S/c1-9-8-10(2)13(12(15)6-7-17-5)14(16-4)11(9)3/h8,12,15H,6-7H2,1-5H3. The first-order chi connectivity index (χ1) is 8.02. The van der Waals surface area contributed by atoms with Gasteiger partial charge in [0.05, 0.1) is 13.2 Å². The molecule has 0 aliphatic carbocycles. The Morgan fingerprint density at radius 2 is 1.94 bits per heavy atom. The van der Waals surface area contributed by atoms with E-state index >= 15 is 0 Å². The van der Waals surface area contributed by atoms with Gasteiger partial charge in [0.1, 0.15) is 5.75 Å². The van der Waals surface area contributed by atoms with Gasteiger partial charge in [0.15, 0.2) is 0 Å². The van der Waals surface area contributed by atoms with Crippen molar-refractivity contribution in [1.82, 2.24) is 0 Å². The van der Waals surface area contributed by atoms with Gasteiger partial charge in [-0.25, -0.2) is 0 Å². The van der Waals surface area contributed by atoms with Crippen molar-refractivity contribution in [2.24, 2.45) is 0 Å². The summed E-state index contributed by atoms with van der Waals surface area (Å²) in [7, 11) is 1.67. The summed E-state index contributed by atoms with van der Waals surface area (Å²) in [6, 6.07) is 2.12. The molecule has 0 heterocycles. The van der Waals surface area contributed by atoms with Crippen LogP contribution in [0.25, 0.3) is 0 Å². The van der Waals surface area contributed by atoms with Gasteiger partial charge >= 0.3 is 0 Å². The molecule has 0 aromatic heterocycles. The molecule has 1 N–H and O–H groups in total. The van der Waals surface area contributed by atoms with E-state index in [1.165, 1.54) is 5.56 Å². The Balaban J connectivity index is 3.17. The molecule has 1 aromatic carbocycles. The second-order valence-corrected chi connectivity index (χ2v) is 5.37. The third-order valence-corrected chi connectivity index (χ3v) is 3.81. The summed E-state index contributed by atoms with van der Waals surface area (Å²) in [5, 5.41) is 10.3. The van der Waals surface area contributed by atoms with E-state index in [0.717, 1.165) is 34.6 Å². The van der Waals surface area contributed by atoms with E-state index in [0.29, 0.717) is 0 Å². The zero-order valence-corrected chi connectivity index (χ0v) is 12.1. The van der Waals surface area contributed by atoms with E-state index in [1.54, 1.807) is 18.9 Å². The van der Waals surface area contributed by atoms with E-state index in [-0.39, 0.29) is 0 Å². The van der Waals surface area contributed by atoms with Crippen LogP contribution in [0, 0.1) is 20.8 Å². The van der Waals surface area contributed by atoms with Crippen LogP contribution in [-0.4, -0.2) is 24.2 Å². The van der Waals surface area contributed by atoms with E-state index in [9.17, 15) is 5.11 Å². The number of hydrogen-bond donors (Lipinski definition) is 1. The lowest BCUT2D eigenvalue weighted by Crippen LogP contribution is -2.06. The van der Waals surface area contributed by atoms with Crippen LogP contribution in [0.5, 0.6) is 5.75 Å². The monoisotopic (exact) mass is 254 g/mol. The van der Waals surface area contributed by atoms with Gasteiger partial charge in [-0.05, 0) is 55.9 Å². The van der Waals surface area contributed by atoms with E-state index < -0.39 is 6.10 Å². The highest BCUT2D eigenvalue weighted by Crippen LogP contribution is 2.35. The summed E-state index contributed by atoms with van der Waals surface area (Å²) < 4.78 is 5.47. The second kappa shape index (κ2) is 6.31. The molecule has 0 bridgehead atoms. The first-order valence-electron chi connectivity index (χ1n) is 5.84. The van der Waals surface area contributed by atoms with Crippen molar-refractivity contribution < 1.29 is 9.84 Å². The summed E-state index contributed by atoms with van der Waals surface area (Å²) in [6.07, 6.45) is 2.38. The van der Waals surface area contributed by atoms with Crippen molar-refractivity contribution in [2.75, 3.05) is 19.1 Å². The van der Waals surface area contributed by atoms with Crippen LogP contribution in [0.4, 0.5) is 0 Å². The Morgan fingerprint density at radius 1 is 1.29 bits per heavy atom. The van der Waals surface area contributed by atoms with Crippen LogP contribution >= 0.6 is 11.8 Å². The molecular weight excluding hydrogens is 232 g/mol. The van der Waals surface area contributed by atoms with Gasteiger partial charge < -0.3 is 9.84 Å². The normalized spacial score (nSPS) is 12.6. The molecule has 0 saturated carbocycles. The summed E-state index contributed by atoms with van der Waals surface area (Å²) in [6.45, 7) is 6.15. The molecular formula is C14H22O2S. The first-order valence-corrected chi connectivity index (χ1v) is 7.24. The summed E-state index contributed by atoms with van der Waals surface area (Å²) in [5.41, 5.74) is 4.39. The average Bonchev–Trinajstić information content (AvgIpc) is 2.30. The van der Waals surface area contributed by atoms with Gasteiger partial charge in [0, 0.05) is 5.56 Å². The smallest absolute Gasteiger partial charge is 0.128 e. The van der Waals surface area contributed by atoms with E-state index in [4.69, 9.17) is 4.74 Å². The van der Waals surface area contributed by atoms with Crippen molar-refractivity contribution >= 4 is 11.8 Å². The molecule has 0 saturated heterocycles. The molecule has 0 radical (unpaired) electrons. The Hall–Kier alpha value is -0.670. The fourth-order valence-electron chi connectivity index (χ4n) is 2.12. The van der Waals surface area contributed by atoms with Gasteiger partial charge in [-0.15, -0.1) is 0 Å². The minimum Gasteiger partial charge on any atom is -0.496 e. The Kier molecular flexibility index (Phi) is 5.34. The van der Waals surface area contributed by atoms with E-state index in [1.807, 2.05) is 13.8 Å². The largest absolute Gasteiger partial charge is 0.496 e. The van der Waals surface area contributed by atoms with Crippen LogP contribution in [-0.2, 0) is 0 Å². The van der Waals surface area contributed by atoms with Crippen molar-refractivity contribution in [3.05, 3.63) is 28.3 Å². The number of methoxy groups -OCH3 is 1. The van der Waals surface area contributed by atoms with Gasteiger partial charge in [0.25, 0.3) is 0 Å². The van der Waals surface area contributed by atoms with Crippen LogP contribution in [0.1, 0.15) is 34.8 Å². The number of thioether (sulfide) groups is 1. The number of aliphatic hydroxyl groups is 1. The number of aliphatic hydroxyl groups excluding tert-OH is 1. The van der Waals surface area contributed by atoms with Crippen LogP contribution in [0.2, 0.25) is 0 Å². The number of benzene rings is 1. The molecule has 3 heteroatoms. The third kappa shape index (κ3) is 3.17. The van der Waals surface area contributed by atoms with Crippen LogP contribution < -0.4 is 4.74 Å². The maximum absolute atomic E-state index is 10.3. The molecule has 0 spiro atoms. The molecule has 17 heavy (non-hydrogen) atoms. The first kappa shape index (κ1) is 14.4. The molecule has 96 valence electrons. The van der Waals surface area contributed by atoms with Gasteiger partial charge in [-0.3, -0.25) is 0 Å². The number of ether oxygens (including phenoxy) is 1. The highest BCUT2D eigenvalue weighted by molar-refractivity contribution is 7.98. The SMILES string of the molecule is COc1c(C)c(C)cc(C)c1C(O)CCSC. The third-order valence-electron chi connectivity index (χ3n) is 3.17. The molecule has 0 aliphatic heterocycles. The highest BCUT2D eigenvalue weighted by atomic mass is 32.2. The summed E-state index contributed by atoms with van der Waals surface area (Å²) in [5.74, 6) is 1.80. The topological polar surface area (TPSA) is 29.5 Å². The zero-order chi connectivity index (χ0) is 13.0. The molecule has 1 atom stereocenters. The molecule has 0 fully saturated rings. The minimum atomic E-state index is -0.434. The molecule has 1 aromatic rings. The lowest BCUT2D eigenvalue weighted by atomic mass is 9.94. The van der Waals surface area contributed by atoms with Crippen molar-refractivity contribution in [3.63, 3.8) is 0 Å². The fraction of sp³-hybridized carbons (Fsp3) is 0.571. The number of aryl methyl sites for hydroxylation is 2. The summed E-state index contributed by atoms with van der Waals surface area (Å²) in [4.78, 5) is 0. The maximum Gasteiger partial charge on any atom is 0.128 e. The van der Waals surface area contributed by atoms with Gasteiger partial charge in [-0.2, -0.15) is 11.8 Å². The van der Waals surface area contributed by atoms with Crippen molar-refractivity contribution in [2.45, 2.75) is 33.3 Å². The predicted molar refractivity (Wildman–Crippen MR) is 75.2 cm³/mol. The lowest BCUT2D eigenvalue weighted by molar-refractivity contribution is 0.169. The van der Waals surface area contributed by atoms with Crippen molar-refractivity contribution in [1.29, 1.82) is 0 Å². The molecule has 1 rings (SSSR count). The Bertz CT molecular complexity index is 388. The Labute approximate surface area is 108 Å². The van der Waals surface area contributed by atoms with Gasteiger partial charge in [-0.1, -0.05) is 6.07 Å². The number of rotatable bonds is 5. The van der Waals surface area contributed by atoms with Crippen molar-refractivity contribution in [3.8, 4) is 5.75 Å². The maximum atomic E-state index is 10.3. The minimum absolute atomic E-state index is 0.434. The fourth-order valence-corrected chi connectivity index (χ4v) is 2.58. The average molecular weight is 254 g/mol. The molecule has 2 nitrogen and oxygen atoms in total. The number of hydrogen-bond acceptors (Lipinski definition) is 3. The van der Waals surface area contributed by atoms with Crippen LogP contribution in [0.3, 0.4) is 0 Å². The van der Waals surface area contributed by atoms with E-state index in [2.05, 4.69) is 19.2 Å². The molecule has 0 amide bonds. The lowest BCUT2D eigenvalue weighted by Gasteiger charge is -2.20. The second-order valence-electron chi connectivity index (χ2n) is 4.38. The van der Waals surface area contributed by atoms with Gasteiger partial charge in [0.2, 0.25) is 0 Å².